The predicted molar refractivity (Wildman–Crippen MR) is 133 cm³/mol. The van der Waals surface area contributed by atoms with Gasteiger partial charge in [-0.3, -0.25) is 0 Å². The first kappa shape index (κ1) is 20.2. The van der Waals surface area contributed by atoms with Gasteiger partial charge in [0.1, 0.15) is 0 Å². The lowest BCUT2D eigenvalue weighted by molar-refractivity contribution is 0.474. The average Bonchev–Trinajstić information content (AvgIpc) is 2.44. The summed E-state index contributed by atoms with van der Waals surface area (Å²) >= 11 is 10.7. The van der Waals surface area contributed by atoms with Gasteiger partial charge in [0.05, 0.1) is 2.86 Å². The number of hydrogen-bond donors (Lipinski definition) is 0. The number of alkyl halides is 4. The second kappa shape index (κ2) is 6.89. The largest absolute Gasteiger partial charge is 0.0991 e. The van der Waals surface area contributed by atoms with E-state index < -0.39 is 0 Å². The Hall–Kier alpha value is 1.88. The standard InChI is InChI=1S/C18H22I4/c1-9-7-8-15(11(3)10(9)2)16-12(4)17(19,20)14(6)18(21,22)13(16)5/h7-8,12,14H,1-6H3. The van der Waals surface area contributed by atoms with Crippen molar-refractivity contribution in [2.75, 3.05) is 0 Å². The Bertz CT molecular complexity index is 641. The molecule has 22 heavy (non-hydrogen) atoms. The summed E-state index contributed by atoms with van der Waals surface area (Å²) in [6.45, 7) is 13.9. The van der Waals surface area contributed by atoms with Crippen LogP contribution in [0.3, 0.4) is 0 Å². The van der Waals surface area contributed by atoms with Gasteiger partial charge in [-0.05, 0) is 61.1 Å². The van der Waals surface area contributed by atoms with Crippen LogP contribution in [0.4, 0.5) is 0 Å². The van der Waals surface area contributed by atoms with E-state index in [-0.39, 0.29) is 2.86 Å². The van der Waals surface area contributed by atoms with E-state index in [1.807, 2.05) is 0 Å². The summed E-state index contributed by atoms with van der Waals surface area (Å²) < 4.78 is 0.406. The summed E-state index contributed by atoms with van der Waals surface area (Å²) in [7, 11) is 0. The van der Waals surface area contributed by atoms with Gasteiger partial charge < -0.3 is 0 Å². The maximum absolute atomic E-state index is 2.69. The van der Waals surface area contributed by atoms with E-state index in [4.69, 9.17) is 0 Å². The monoisotopic (exact) mass is 746 g/mol. The molecule has 1 aromatic rings. The Morgan fingerprint density at radius 3 is 1.95 bits per heavy atom. The molecule has 0 N–H and O–H groups in total. The summed E-state index contributed by atoms with van der Waals surface area (Å²) in [6, 6.07) is 4.63. The topological polar surface area (TPSA) is 0 Å². The molecule has 0 bridgehead atoms. The number of benzene rings is 1. The van der Waals surface area contributed by atoms with Crippen molar-refractivity contribution >= 4 is 95.9 Å². The van der Waals surface area contributed by atoms with E-state index in [0.29, 0.717) is 11.8 Å². The van der Waals surface area contributed by atoms with E-state index in [1.54, 1.807) is 11.1 Å². The molecule has 1 aliphatic carbocycles. The average molecular weight is 746 g/mol. The van der Waals surface area contributed by atoms with Gasteiger partial charge >= 0.3 is 0 Å². The third-order valence-corrected chi connectivity index (χ3v) is 12.6. The molecule has 0 fully saturated rings. The number of aryl methyl sites for hydroxylation is 1. The normalized spacial score (nSPS) is 27.2. The third kappa shape index (κ3) is 3.17. The highest BCUT2D eigenvalue weighted by molar-refractivity contribution is 14.2. The third-order valence-electron chi connectivity index (χ3n) is 5.38. The van der Waals surface area contributed by atoms with Gasteiger partial charge in [-0.15, -0.1) is 0 Å². The van der Waals surface area contributed by atoms with Crippen LogP contribution in [0.25, 0.3) is 5.57 Å². The SMILES string of the molecule is CC1=C(c2ccc(C)c(C)c2C)C(C)C(I)(I)C(C)C1(I)I. The molecule has 1 aromatic carbocycles. The molecule has 2 rings (SSSR count). The molecular formula is C18H22I4. The molecule has 0 nitrogen and oxygen atoms in total. The zero-order valence-corrected chi connectivity index (χ0v) is 22.5. The highest BCUT2D eigenvalue weighted by Gasteiger charge is 2.53. The van der Waals surface area contributed by atoms with Crippen LogP contribution in [0.2, 0.25) is 0 Å². The lowest BCUT2D eigenvalue weighted by Gasteiger charge is -2.48. The molecule has 2 unspecified atom stereocenters. The molecule has 1 aliphatic rings. The second-order valence-electron chi connectivity index (χ2n) is 6.46. The number of allylic oxidation sites excluding steroid dienone is 2. The first-order valence-electron chi connectivity index (χ1n) is 7.48. The van der Waals surface area contributed by atoms with Gasteiger partial charge in [0.2, 0.25) is 0 Å². The molecule has 0 heterocycles. The van der Waals surface area contributed by atoms with Gasteiger partial charge in [-0.25, -0.2) is 0 Å². The predicted octanol–water partition coefficient (Wildman–Crippen LogP) is 7.80. The smallest absolute Gasteiger partial charge is 0.0662 e. The molecule has 4 heteroatoms. The molecular weight excluding hydrogens is 724 g/mol. The minimum Gasteiger partial charge on any atom is -0.0662 e. The Labute approximate surface area is 189 Å². The number of hydrogen-bond acceptors (Lipinski definition) is 0. The van der Waals surface area contributed by atoms with Crippen molar-refractivity contribution < 1.29 is 0 Å². The fourth-order valence-electron chi connectivity index (χ4n) is 3.32. The number of halogens is 4. The first-order valence-corrected chi connectivity index (χ1v) is 11.8. The van der Waals surface area contributed by atoms with Crippen LogP contribution in [0.1, 0.15) is 43.0 Å². The Morgan fingerprint density at radius 1 is 0.864 bits per heavy atom. The minimum atomic E-state index is 0.172. The van der Waals surface area contributed by atoms with Crippen LogP contribution in [0, 0.1) is 32.6 Å². The van der Waals surface area contributed by atoms with Crippen LogP contribution < -0.4 is 0 Å². The molecule has 122 valence electrons. The summed E-state index contributed by atoms with van der Waals surface area (Å²) in [5, 5.41) is 0. The molecule has 0 radical (unpaired) electrons. The van der Waals surface area contributed by atoms with Crippen molar-refractivity contribution in [2.45, 2.75) is 44.4 Å². The zero-order valence-electron chi connectivity index (χ0n) is 13.8. The Balaban J connectivity index is 2.78. The van der Waals surface area contributed by atoms with Crippen molar-refractivity contribution in [1.29, 1.82) is 0 Å². The lowest BCUT2D eigenvalue weighted by atomic mass is 9.74. The summed E-state index contributed by atoms with van der Waals surface area (Å²) in [5.74, 6) is 1.16. The van der Waals surface area contributed by atoms with E-state index in [2.05, 4.69) is 144 Å². The zero-order chi connectivity index (χ0) is 17.0. The highest BCUT2D eigenvalue weighted by Crippen LogP contribution is 2.63. The van der Waals surface area contributed by atoms with Crippen molar-refractivity contribution in [3.8, 4) is 0 Å². The minimum absolute atomic E-state index is 0.172. The maximum atomic E-state index is 2.69. The van der Waals surface area contributed by atoms with E-state index in [1.165, 1.54) is 22.3 Å². The van der Waals surface area contributed by atoms with E-state index in [0.717, 1.165) is 0 Å². The van der Waals surface area contributed by atoms with Crippen molar-refractivity contribution in [3.63, 3.8) is 0 Å². The van der Waals surface area contributed by atoms with Crippen LogP contribution in [-0.4, -0.2) is 2.86 Å². The van der Waals surface area contributed by atoms with Gasteiger partial charge in [0.15, 0.2) is 0 Å². The lowest BCUT2D eigenvalue weighted by Crippen LogP contribution is -2.45. The van der Waals surface area contributed by atoms with Crippen molar-refractivity contribution in [2.24, 2.45) is 11.8 Å². The summed E-state index contributed by atoms with van der Waals surface area (Å²) in [6.07, 6.45) is 0. The molecule has 0 spiro atoms. The molecule has 0 aliphatic heterocycles. The van der Waals surface area contributed by atoms with Crippen LogP contribution in [-0.2, 0) is 0 Å². The molecule has 2 atom stereocenters. The van der Waals surface area contributed by atoms with Gasteiger partial charge in [0.25, 0.3) is 0 Å². The van der Waals surface area contributed by atoms with Crippen molar-refractivity contribution in [1.82, 2.24) is 0 Å². The second-order valence-corrected chi connectivity index (χ2v) is 17.6. The first-order chi connectivity index (χ1) is 9.94. The molecule has 0 amide bonds. The van der Waals surface area contributed by atoms with Crippen molar-refractivity contribution in [3.05, 3.63) is 40.0 Å². The van der Waals surface area contributed by atoms with Gasteiger partial charge in [-0.2, -0.15) is 0 Å². The summed E-state index contributed by atoms with van der Waals surface area (Å²) in [4.78, 5) is 0. The van der Waals surface area contributed by atoms with Gasteiger partial charge in [-0.1, -0.05) is 116 Å². The fraction of sp³-hybridized carbons (Fsp3) is 0.556. The highest BCUT2D eigenvalue weighted by atomic mass is 127. The van der Waals surface area contributed by atoms with Crippen LogP contribution in [0.5, 0.6) is 0 Å². The van der Waals surface area contributed by atoms with E-state index in [9.17, 15) is 0 Å². The fourth-order valence-corrected chi connectivity index (χ4v) is 8.83. The van der Waals surface area contributed by atoms with Crippen LogP contribution >= 0.6 is 90.4 Å². The van der Waals surface area contributed by atoms with Gasteiger partial charge in [0, 0.05) is 11.8 Å². The molecule has 0 saturated heterocycles. The maximum Gasteiger partial charge on any atom is 0.0991 e. The Morgan fingerprint density at radius 2 is 1.41 bits per heavy atom. The molecule has 0 saturated carbocycles. The number of rotatable bonds is 1. The summed E-state index contributed by atoms with van der Waals surface area (Å²) in [5.41, 5.74) is 8.83. The van der Waals surface area contributed by atoms with Crippen LogP contribution in [0.15, 0.2) is 17.7 Å². The quantitative estimate of drug-likeness (QED) is 0.204. The Kier molecular flexibility index (Phi) is 6.32. The molecule has 0 aromatic heterocycles. The van der Waals surface area contributed by atoms with E-state index >= 15 is 0 Å².